The molecule has 7 heteroatoms. The summed E-state index contributed by atoms with van der Waals surface area (Å²) in [5.74, 6) is -0.351. The molecule has 2 rings (SSSR count). The minimum absolute atomic E-state index is 0.0495. The van der Waals surface area contributed by atoms with E-state index in [1.807, 2.05) is 18.2 Å². The Morgan fingerprint density at radius 1 is 1.17 bits per heavy atom. The number of hydrogen-bond donors (Lipinski definition) is 2. The summed E-state index contributed by atoms with van der Waals surface area (Å²) in [7, 11) is -2.27. The van der Waals surface area contributed by atoms with E-state index >= 15 is 0 Å². The number of benzene rings is 2. The summed E-state index contributed by atoms with van der Waals surface area (Å²) < 4.78 is 25.9. The van der Waals surface area contributed by atoms with Crippen LogP contribution in [-0.4, -0.2) is 21.4 Å². The Kier molecular flexibility index (Phi) is 5.41. The molecule has 0 fully saturated rings. The highest BCUT2D eigenvalue weighted by atomic mass is 35.5. The van der Waals surface area contributed by atoms with Gasteiger partial charge in [-0.05, 0) is 43.3 Å². The van der Waals surface area contributed by atoms with Gasteiger partial charge in [-0.15, -0.1) is 0 Å². The molecule has 2 aromatic rings. The van der Waals surface area contributed by atoms with Crippen LogP contribution in [0, 0.1) is 6.92 Å². The van der Waals surface area contributed by atoms with Crippen molar-refractivity contribution in [1.82, 2.24) is 10.0 Å². The number of hydrogen-bond acceptors (Lipinski definition) is 3. The Morgan fingerprint density at radius 2 is 1.87 bits per heavy atom. The van der Waals surface area contributed by atoms with Crippen LogP contribution in [0.15, 0.2) is 47.4 Å². The van der Waals surface area contributed by atoms with Gasteiger partial charge >= 0.3 is 0 Å². The number of sulfonamides is 1. The molecule has 0 spiro atoms. The van der Waals surface area contributed by atoms with Crippen molar-refractivity contribution in [3.05, 3.63) is 64.2 Å². The summed E-state index contributed by atoms with van der Waals surface area (Å²) in [4.78, 5) is 12.4. The molecule has 2 N–H and O–H groups in total. The SMILES string of the molecule is CNS(=O)(=O)c1ccc(C)c(C(=O)NCc2ccccc2Cl)c1. The molecule has 1 amide bonds. The Labute approximate surface area is 140 Å². The molecule has 0 radical (unpaired) electrons. The van der Waals surface area contributed by atoms with Gasteiger partial charge in [-0.1, -0.05) is 35.9 Å². The van der Waals surface area contributed by atoms with Gasteiger partial charge in [0.05, 0.1) is 4.90 Å². The molecular formula is C16H17ClN2O3S. The lowest BCUT2D eigenvalue weighted by atomic mass is 10.1. The maximum Gasteiger partial charge on any atom is 0.251 e. The molecule has 2 aromatic carbocycles. The highest BCUT2D eigenvalue weighted by molar-refractivity contribution is 7.89. The number of nitrogens with one attached hydrogen (secondary N) is 2. The first kappa shape index (κ1) is 17.5. The first-order valence-electron chi connectivity index (χ1n) is 6.91. The van der Waals surface area contributed by atoms with E-state index in [0.29, 0.717) is 16.1 Å². The summed E-state index contributed by atoms with van der Waals surface area (Å²) in [5, 5.41) is 3.32. The van der Waals surface area contributed by atoms with E-state index < -0.39 is 10.0 Å². The highest BCUT2D eigenvalue weighted by Crippen LogP contribution is 2.17. The van der Waals surface area contributed by atoms with Crippen molar-refractivity contribution in [3.8, 4) is 0 Å². The summed E-state index contributed by atoms with van der Waals surface area (Å²) in [6, 6.07) is 11.6. The summed E-state index contributed by atoms with van der Waals surface area (Å²) in [6.07, 6.45) is 0. The molecule has 0 aromatic heterocycles. The standard InChI is InChI=1S/C16H17ClN2O3S/c1-11-7-8-13(23(21,22)18-2)9-14(11)16(20)19-10-12-5-3-4-6-15(12)17/h3-9,18H,10H2,1-2H3,(H,19,20). The first-order valence-corrected chi connectivity index (χ1v) is 8.77. The van der Waals surface area contributed by atoms with E-state index in [9.17, 15) is 13.2 Å². The number of halogens is 1. The van der Waals surface area contributed by atoms with Crippen molar-refractivity contribution in [2.45, 2.75) is 18.4 Å². The van der Waals surface area contributed by atoms with E-state index in [4.69, 9.17) is 11.6 Å². The first-order chi connectivity index (χ1) is 10.8. The van der Waals surface area contributed by atoms with Crippen molar-refractivity contribution in [2.75, 3.05) is 7.05 Å². The Hall–Kier alpha value is -1.89. The number of carbonyl (C=O) groups is 1. The summed E-state index contributed by atoms with van der Waals surface area (Å²) in [5.41, 5.74) is 1.80. The van der Waals surface area contributed by atoms with Gasteiger partial charge in [-0.3, -0.25) is 4.79 Å². The van der Waals surface area contributed by atoms with Crippen LogP contribution in [0.3, 0.4) is 0 Å². The molecule has 5 nitrogen and oxygen atoms in total. The molecule has 0 aliphatic carbocycles. The second-order valence-corrected chi connectivity index (χ2v) is 7.25. The predicted molar refractivity (Wildman–Crippen MR) is 90.0 cm³/mol. The highest BCUT2D eigenvalue weighted by Gasteiger charge is 2.16. The molecule has 0 aliphatic rings. The molecule has 0 aliphatic heterocycles. The molecule has 23 heavy (non-hydrogen) atoms. The van der Waals surface area contributed by atoms with Gasteiger partial charge in [0.2, 0.25) is 10.0 Å². The van der Waals surface area contributed by atoms with Gasteiger partial charge in [-0.2, -0.15) is 0 Å². The lowest BCUT2D eigenvalue weighted by molar-refractivity contribution is 0.0950. The van der Waals surface area contributed by atoms with Crippen LogP contribution in [-0.2, 0) is 16.6 Å². The van der Waals surface area contributed by atoms with Crippen LogP contribution in [0.4, 0.5) is 0 Å². The number of aryl methyl sites for hydroxylation is 1. The summed E-state index contributed by atoms with van der Waals surface area (Å²) in [6.45, 7) is 2.02. The van der Waals surface area contributed by atoms with E-state index in [2.05, 4.69) is 10.0 Å². The van der Waals surface area contributed by atoms with Gasteiger partial charge in [0.15, 0.2) is 0 Å². The van der Waals surface area contributed by atoms with Gasteiger partial charge in [0, 0.05) is 17.1 Å². The molecule has 0 saturated carbocycles. The van der Waals surface area contributed by atoms with Crippen molar-refractivity contribution in [2.24, 2.45) is 0 Å². The average molecular weight is 353 g/mol. The zero-order chi connectivity index (χ0) is 17.0. The molecule has 0 atom stereocenters. The average Bonchev–Trinajstić information content (AvgIpc) is 2.54. The zero-order valence-electron chi connectivity index (χ0n) is 12.8. The minimum Gasteiger partial charge on any atom is -0.348 e. The maximum atomic E-state index is 12.3. The summed E-state index contributed by atoms with van der Waals surface area (Å²) >= 11 is 6.05. The van der Waals surface area contributed by atoms with Gasteiger partial charge in [0.1, 0.15) is 0 Å². The fourth-order valence-electron chi connectivity index (χ4n) is 2.04. The van der Waals surface area contributed by atoms with Gasteiger partial charge < -0.3 is 5.32 Å². The van der Waals surface area contributed by atoms with E-state index in [0.717, 1.165) is 5.56 Å². The van der Waals surface area contributed by atoms with Crippen molar-refractivity contribution in [1.29, 1.82) is 0 Å². The topological polar surface area (TPSA) is 75.3 Å². The third-order valence-electron chi connectivity index (χ3n) is 3.43. The van der Waals surface area contributed by atoms with Gasteiger partial charge in [0.25, 0.3) is 5.91 Å². The van der Waals surface area contributed by atoms with E-state index in [1.165, 1.54) is 19.2 Å². The van der Waals surface area contributed by atoms with Crippen LogP contribution in [0.25, 0.3) is 0 Å². The molecule has 0 heterocycles. The second kappa shape index (κ2) is 7.12. The van der Waals surface area contributed by atoms with Crippen LogP contribution in [0.1, 0.15) is 21.5 Å². The Morgan fingerprint density at radius 3 is 2.52 bits per heavy atom. The van der Waals surface area contributed by atoms with Crippen molar-refractivity contribution in [3.63, 3.8) is 0 Å². The van der Waals surface area contributed by atoms with Crippen LogP contribution >= 0.6 is 11.6 Å². The quantitative estimate of drug-likeness (QED) is 0.868. The lowest BCUT2D eigenvalue weighted by Crippen LogP contribution is -2.25. The molecule has 0 saturated heterocycles. The van der Waals surface area contributed by atoms with Crippen molar-refractivity contribution >= 4 is 27.5 Å². The minimum atomic E-state index is -3.60. The zero-order valence-corrected chi connectivity index (χ0v) is 14.3. The Balaban J connectivity index is 2.22. The molecule has 0 bridgehead atoms. The van der Waals surface area contributed by atoms with E-state index in [1.54, 1.807) is 19.1 Å². The predicted octanol–water partition coefficient (Wildman–Crippen LogP) is 2.49. The number of carbonyl (C=O) groups excluding carboxylic acids is 1. The fourth-order valence-corrected chi connectivity index (χ4v) is 3.00. The third-order valence-corrected chi connectivity index (χ3v) is 5.21. The van der Waals surface area contributed by atoms with Crippen LogP contribution in [0.5, 0.6) is 0 Å². The Bertz CT molecular complexity index is 835. The van der Waals surface area contributed by atoms with E-state index in [-0.39, 0.29) is 17.3 Å². The van der Waals surface area contributed by atoms with Gasteiger partial charge in [-0.25, -0.2) is 13.1 Å². The third kappa shape index (κ3) is 4.10. The largest absolute Gasteiger partial charge is 0.348 e. The second-order valence-electron chi connectivity index (χ2n) is 4.96. The van der Waals surface area contributed by atoms with Crippen LogP contribution in [0.2, 0.25) is 5.02 Å². The fraction of sp³-hybridized carbons (Fsp3) is 0.188. The number of amides is 1. The van der Waals surface area contributed by atoms with Crippen LogP contribution < -0.4 is 10.0 Å². The number of rotatable bonds is 5. The maximum absolute atomic E-state index is 12.3. The monoisotopic (exact) mass is 352 g/mol. The molecular weight excluding hydrogens is 336 g/mol. The van der Waals surface area contributed by atoms with Crippen molar-refractivity contribution < 1.29 is 13.2 Å². The lowest BCUT2D eigenvalue weighted by Gasteiger charge is -2.11. The molecule has 122 valence electrons. The molecule has 0 unspecified atom stereocenters. The smallest absolute Gasteiger partial charge is 0.251 e. The normalized spacial score (nSPS) is 11.3.